The molecule has 0 aliphatic rings. The highest BCUT2D eigenvalue weighted by atomic mass is 16.5. The first-order valence-corrected chi connectivity index (χ1v) is 9.92. The SMILES string of the molecule is CCCCCCCCCCCCCCC(CC)C(=O)OCC. The number of unbranched alkanes of at least 4 members (excludes halogenated alkanes) is 11. The number of esters is 1. The van der Waals surface area contributed by atoms with Crippen molar-refractivity contribution < 1.29 is 9.53 Å². The standard InChI is InChI=1S/C20H40O2/c1-4-7-8-9-10-11-12-13-14-15-16-17-18-19(5-2)20(21)22-6-3/h19H,4-18H2,1-3H3. The molecule has 132 valence electrons. The van der Waals surface area contributed by atoms with Gasteiger partial charge >= 0.3 is 5.97 Å². The highest BCUT2D eigenvalue weighted by molar-refractivity contribution is 5.72. The third-order valence-electron chi connectivity index (χ3n) is 4.52. The van der Waals surface area contributed by atoms with E-state index in [2.05, 4.69) is 13.8 Å². The van der Waals surface area contributed by atoms with Gasteiger partial charge in [0.1, 0.15) is 0 Å². The Bertz CT molecular complexity index is 238. The summed E-state index contributed by atoms with van der Waals surface area (Å²) in [5, 5.41) is 0. The number of rotatable bonds is 16. The third kappa shape index (κ3) is 13.2. The van der Waals surface area contributed by atoms with Crippen LogP contribution < -0.4 is 0 Å². The molecule has 1 unspecified atom stereocenters. The molecule has 0 radical (unpaired) electrons. The van der Waals surface area contributed by atoms with Crippen molar-refractivity contribution in [2.24, 2.45) is 5.92 Å². The number of hydrogen-bond acceptors (Lipinski definition) is 2. The second kappa shape index (κ2) is 16.8. The van der Waals surface area contributed by atoms with Crippen LogP contribution in [0, 0.1) is 5.92 Å². The molecule has 0 rings (SSSR count). The Labute approximate surface area is 139 Å². The first kappa shape index (κ1) is 21.5. The summed E-state index contributed by atoms with van der Waals surface area (Å²) in [7, 11) is 0. The summed E-state index contributed by atoms with van der Waals surface area (Å²) in [5.41, 5.74) is 0. The zero-order valence-electron chi connectivity index (χ0n) is 15.5. The van der Waals surface area contributed by atoms with Gasteiger partial charge in [-0.3, -0.25) is 4.79 Å². The van der Waals surface area contributed by atoms with Crippen LogP contribution in [0.15, 0.2) is 0 Å². The minimum absolute atomic E-state index is 0.00748. The van der Waals surface area contributed by atoms with Crippen LogP contribution in [-0.4, -0.2) is 12.6 Å². The molecule has 2 nitrogen and oxygen atoms in total. The summed E-state index contributed by atoms with van der Waals surface area (Å²) >= 11 is 0. The van der Waals surface area contributed by atoms with Crippen molar-refractivity contribution in [2.75, 3.05) is 6.61 Å². The minimum atomic E-state index is 0.00748. The Balaban J connectivity index is 3.30. The number of carbonyl (C=O) groups excluding carboxylic acids is 1. The second-order valence-corrected chi connectivity index (χ2v) is 6.53. The number of hydrogen-bond donors (Lipinski definition) is 0. The molecule has 0 aromatic heterocycles. The largest absolute Gasteiger partial charge is 0.466 e. The molecular formula is C20H40O2. The summed E-state index contributed by atoms with van der Waals surface area (Å²) in [6.07, 6.45) is 18.3. The van der Waals surface area contributed by atoms with Gasteiger partial charge in [0.2, 0.25) is 0 Å². The molecular weight excluding hydrogens is 272 g/mol. The van der Waals surface area contributed by atoms with Gasteiger partial charge in [0.15, 0.2) is 0 Å². The Hall–Kier alpha value is -0.530. The zero-order chi connectivity index (χ0) is 16.5. The van der Waals surface area contributed by atoms with Gasteiger partial charge in [0, 0.05) is 0 Å². The first-order valence-electron chi connectivity index (χ1n) is 9.92. The quantitative estimate of drug-likeness (QED) is 0.235. The van der Waals surface area contributed by atoms with Gasteiger partial charge in [0.05, 0.1) is 12.5 Å². The van der Waals surface area contributed by atoms with Crippen LogP contribution in [-0.2, 0) is 9.53 Å². The van der Waals surface area contributed by atoms with Crippen molar-refractivity contribution in [1.29, 1.82) is 0 Å². The highest BCUT2D eigenvalue weighted by Gasteiger charge is 2.16. The third-order valence-corrected chi connectivity index (χ3v) is 4.52. The van der Waals surface area contributed by atoms with Crippen LogP contribution in [0.1, 0.15) is 111 Å². The average molecular weight is 313 g/mol. The van der Waals surface area contributed by atoms with E-state index in [-0.39, 0.29) is 11.9 Å². The Morgan fingerprint density at radius 2 is 1.18 bits per heavy atom. The van der Waals surface area contributed by atoms with E-state index in [4.69, 9.17) is 4.74 Å². The zero-order valence-corrected chi connectivity index (χ0v) is 15.5. The van der Waals surface area contributed by atoms with Gasteiger partial charge in [-0.2, -0.15) is 0 Å². The molecule has 0 aromatic carbocycles. The topological polar surface area (TPSA) is 26.3 Å². The van der Waals surface area contributed by atoms with Gasteiger partial charge in [-0.1, -0.05) is 90.9 Å². The fourth-order valence-electron chi connectivity index (χ4n) is 2.98. The van der Waals surface area contributed by atoms with Crippen LogP contribution in [0.2, 0.25) is 0 Å². The first-order chi connectivity index (χ1) is 10.8. The van der Waals surface area contributed by atoms with E-state index >= 15 is 0 Å². The molecule has 0 fully saturated rings. The molecule has 0 amide bonds. The van der Waals surface area contributed by atoms with Crippen molar-refractivity contribution in [3.8, 4) is 0 Å². The van der Waals surface area contributed by atoms with Crippen molar-refractivity contribution in [1.82, 2.24) is 0 Å². The van der Waals surface area contributed by atoms with E-state index in [1.165, 1.54) is 77.0 Å². The molecule has 0 aliphatic carbocycles. The summed E-state index contributed by atoms with van der Waals surface area (Å²) in [5.74, 6) is 0.135. The maximum Gasteiger partial charge on any atom is 0.308 e. The molecule has 0 N–H and O–H groups in total. The number of carbonyl (C=O) groups is 1. The molecule has 0 heterocycles. The fraction of sp³-hybridized carbons (Fsp3) is 0.950. The summed E-state index contributed by atoms with van der Waals surface area (Å²) in [6, 6.07) is 0. The van der Waals surface area contributed by atoms with Crippen LogP contribution in [0.3, 0.4) is 0 Å². The van der Waals surface area contributed by atoms with Gasteiger partial charge in [-0.05, 0) is 19.8 Å². The van der Waals surface area contributed by atoms with E-state index < -0.39 is 0 Å². The van der Waals surface area contributed by atoms with Gasteiger partial charge in [-0.15, -0.1) is 0 Å². The molecule has 0 saturated carbocycles. The Morgan fingerprint density at radius 1 is 0.727 bits per heavy atom. The fourth-order valence-corrected chi connectivity index (χ4v) is 2.98. The van der Waals surface area contributed by atoms with Gasteiger partial charge in [-0.25, -0.2) is 0 Å². The lowest BCUT2D eigenvalue weighted by atomic mass is 9.98. The molecule has 0 aliphatic heterocycles. The van der Waals surface area contributed by atoms with Crippen molar-refractivity contribution in [3.63, 3.8) is 0 Å². The summed E-state index contributed by atoms with van der Waals surface area (Å²) < 4.78 is 5.11. The van der Waals surface area contributed by atoms with Crippen LogP contribution in [0.5, 0.6) is 0 Å². The van der Waals surface area contributed by atoms with Crippen molar-refractivity contribution >= 4 is 5.97 Å². The average Bonchev–Trinajstić information content (AvgIpc) is 2.52. The summed E-state index contributed by atoms with van der Waals surface area (Å²) in [4.78, 5) is 11.7. The van der Waals surface area contributed by atoms with Crippen molar-refractivity contribution in [3.05, 3.63) is 0 Å². The lowest BCUT2D eigenvalue weighted by molar-refractivity contribution is -0.148. The Kier molecular flexibility index (Phi) is 16.4. The van der Waals surface area contributed by atoms with E-state index in [9.17, 15) is 4.79 Å². The molecule has 0 aromatic rings. The van der Waals surface area contributed by atoms with Crippen molar-refractivity contribution in [2.45, 2.75) is 111 Å². The monoisotopic (exact) mass is 312 g/mol. The predicted molar refractivity (Wildman–Crippen MR) is 96.1 cm³/mol. The lowest BCUT2D eigenvalue weighted by Crippen LogP contribution is -2.16. The minimum Gasteiger partial charge on any atom is -0.466 e. The smallest absolute Gasteiger partial charge is 0.308 e. The number of ether oxygens (including phenoxy) is 1. The molecule has 0 spiro atoms. The van der Waals surface area contributed by atoms with Gasteiger partial charge < -0.3 is 4.74 Å². The lowest BCUT2D eigenvalue weighted by Gasteiger charge is -2.13. The molecule has 0 bridgehead atoms. The highest BCUT2D eigenvalue weighted by Crippen LogP contribution is 2.17. The van der Waals surface area contributed by atoms with E-state index in [1.54, 1.807) is 0 Å². The molecule has 2 heteroatoms. The second-order valence-electron chi connectivity index (χ2n) is 6.53. The maximum atomic E-state index is 11.7. The van der Waals surface area contributed by atoms with Crippen LogP contribution in [0.4, 0.5) is 0 Å². The maximum absolute atomic E-state index is 11.7. The van der Waals surface area contributed by atoms with E-state index in [0.29, 0.717) is 6.61 Å². The van der Waals surface area contributed by atoms with Crippen LogP contribution in [0.25, 0.3) is 0 Å². The van der Waals surface area contributed by atoms with Crippen LogP contribution >= 0.6 is 0 Å². The van der Waals surface area contributed by atoms with E-state index in [0.717, 1.165) is 12.8 Å². The summed E-state index contributed by atoms with van der Waals surface area (Å²) in [6.45, 7) is 6.75. The Morgan fingerprint density at radius 3 is 1.59 bits per heavy atom. The van der Waals surface area contributed by atoms with Gasteiger partial charge in [0.25, 0.3) is 0 Å². The molecule has 1 atom stereocenters. The normalized spacial score (nSPS) is 12.3. The molecule has 22 heavy (non-hydrogen) atoms. The molecule has 0 saturated heterocycles. The predicted octanol–water partition coefficient (Wildman–Crippen LogP) is 6.67. The van der Waals surface area contributed by atoms with E-state index in [1.807, 2.05) is 6.92 Å².